The Balaban J connectivity index is 0.00000162. The molecule has 11 heteroatoms. The molecule has 4 N–H and O–H groups in total. The lowest BCUT2D eigenvalue weighted by atomic mass is 10.0. The molecule has 4 aromatic rings. The summed E-state index contributed by atoms with van der Waals surface area (Å²) < 4.78 is 28.3. The Bertz CT molecular complexity index is 1350. The maximum Gasteiger partial charge on any atom is 0.259 e. The number of rotatable bonds is 4. The van der Waals surface area contributed by atoms with E-state index in [4.69, 9.17) is 5.11 Å². The molecule has 1 saturated heterocycles. The number of aromatic nitrogens is 3. The molecule has 0 atom stereocenters. The van der Waals surface area contributed by atoms with Crippen LogP contribution in [-0.4, -0.2) is 46.2 Å². The third-order valence-corrected chi connectivity index (χ3v) is 5.74. The van der Waals surface area contributed by atoms with Gasteiger partial charge in [-0.2, -0.15) is 0 Å². The molecule has 0 aliphatic carbocycles. The zero-order chi connectivity index (χ0) is 22.2. The molecule has 180 valence electrons. The number of imidazole rings is 1. The standard InChI is InChI=1S/C23H21F2N5O2.2ClH/c24-18-8-13(9-19(25)17(18)12-31)14-7-16(23(32)27-11-14)22-28-20-2-1-15(10-21(20)29-22)30-5-3-26-4-6-30;;/h1-2,7-11,26,31H,3-6,12H2,(H,27,32)(H,28,29);2*1H. The van der Waals surface area contributed by atoms with Crippen LogP contribution in [0.4, 0.5) is 14.5 Å². The SMILES string of the molecule is Cl.Cl.O=c1[nH]cc(-c2cc(F)c(CO)c(F)c2)cc1-c1nc2ccc(N3CCNCC3)cc2[nH]1. The highest BCUT2D eigenvalue weighted by molar-refractivity contribution is 5.86. The lowest BCUT2D eigenvalue weighted by Gasteiger charge is -2.29. The molecule has 1 fully saturated rings. The minimum absolute atomic E-state index is 0. The van der Waals surface area contributed by atoms with Crippen molar-refractivity contribution in [2.45, 2.75) is 6.61 Å². The summed E-state index contributed by atoms with van der Waals surface area (Å²) in [5, 5.41) is 12.4. The maximum absolute atomic E-state index is 14.1. The van der Waals surface area contributed by atoms with Crippen LogP contribution in [0.5, 0.6) is 0 Å². The molecule has 0 bridgehead atoms. The van der Waals surface area contributed by atoms with Crippen molar-refractivity contribution in [2.24, 2.45) is 0 Å². The van der Waals surface area contributed by atoms with Crippen molar-refractivity contribution in [3.63, 3.8) is 0 Å². The Morgan fingerprint density at radius 2 is 1.71 bits per heavy atom. The average molecular weight is 510 g/mol. The monoisotopic (exact) mass is 509 g/mol. The second-order valence-electron chi connectivity index (χ2n) is 7.73. The highest BCUT2D eigenvalue weighted by Crippen LogP contribution is 2.28. The van der Waals surface area contributed by atoms with E-state index in [0.29, 0.717) is 16.9 Å². The van der Waals surface area contributed by atoms with Crippen molar-refractivity contribution >= 4 is 41.5 Å². The van der Waals surface area contributed by atoms with Gasteiger partial charge in [-0.1, -0.05) is 0 Å². The molecular weight excluding hydrogens is 487 g/mol. The molecule has 1 aliphatic rings. The molecule has 2 aromatic heterocycles. The van der Waals surface area contributed by atoms with Gasteiger partial charge in [0.1, 0.15) is 17.5 Å². The van der Waals surface area contributed by atoms with Crippen molar-refractivity contribution in [3.05, 3.63) is 70.1 Å². The predicted octanol–water partition coefficient (Wildman–Crippen LogP) is 3.61. The molecule has 0 amide bonds. The molecule has 0 unspecified atom stereocenters. The Morgan fingerprint density at radius 3 is 2.38 bits per heavy atom. The number of nitrogens with zero attached hydrogens (tertiary/aromatic N) is 2. The highest BCUT2D eigenvalue weighted by Gasteiger charge is 2.16. The van der Waals surface area contributed by atoms with Gasteiger partial charge in [-0.05, 0) is 47.5 Å². The molecule has 5 rings (SSSR count). The van der Waals surface area contributed by atoms with Crippen LogP contribution < -0.4 is 15.8 Å². The van der Waals surface area contributed by atoms with Gasteiger partial charge in [-0.25, -0.2) is 13.8 Å². The second-order valence-corrected chi connectivity index (χ2v) is 7.73. The van der Waals surface area contributed by atoms with Crippen molar-refractivity contribution in [2.75, 3.05) is 31.1 Å². The number of piperazine rings is 1. The summed E-state index contributed by atoms with van der Waals surface area (Å²) in [4.78, 5) is 25.1. The number of pyridine rings is 1. The third kappa shape index (κ3) is 4.78. The predicted molar refractivity (Wildman–Crippen MR) is 133 cm³/mol. The van der Waals surface area contributed by atoms with Gasteiger partial charge in [-0.15, -0.1) is 24.8 Å². The van der Waals surface area contributed by atoms with Gasteiger partial charge in [0.05, 0.1) is 23.2 Å². The van der Waals surface area contributed by atoms with Crippen molar-refractivity contribution in [3.8, 4) is 22.5 Å². The molecule has 1 aliphatic heterocycles. The Labute approximate surface area is 206 Å². The molecule has 0 spiro atoms. The number of aromatic amines is 2. The van der Waals surface area contributed by atoms with E-state index in [2.05, 4.69) is 25.2 Å². The van der Waals surface area contributed by atoms with Crippen LogP contribution in [0.15, 0.2) is 47.4 Å². The maximum atomic E-state index is 14.1. The second kappa shape index (κ2) is 10.5. The number of halogens is 4. The fraction of sp³-hybridized carbons (Fsp3) is 0.217. The third-order valence-electron chi connectivity index (χ3n) is 5.74. The van der Waals surface area contributed by atoms with Crippen molar-refractivity contribution in [1.82, 2.24) is 20.3 Å². The van der Waals surface area contributed by atoms with Gasteiger partial charge in [-0.3, -0.25) is 4.79 Å². The number of nitrogens with one attached hydrogen (secondary N) is 3. The summed E-state index contributed by atoms with van der Waals surface area (Å²) in [7, 11) is 0. The summed E-state index contributed by atoms with van der Waals surface area (Å²) in [6.07, 6.45) is 1.39. The minimum Gasteiger partial charge on any atom is -0.391 e. The molecule has 0 radical (unpaired) electrons. The molecule has 34 heavy (non-hydrogen) atoms. The molecular formula is C23H23Cl2F2N5O2. The lowest BCUT2D eigenvalue weighted by molar-refractivity contribution is 0.269. The number of hydrogen-bond acceptors (Lipinski definition) is 5. The van der Waals surface area contributed by atoms with E-state index in [1.54, 1.807) is 6.07 Å². The van der Waals surface area contributed by atoms with Crippen molar-refractivity contribution in [1.29, 1.82) is 0 Å². The van der Waals surface area contributed by atoms with Crippen molar-refractivity contribution < 1.29 is 13.9 Å². The van der Waals surface area contributed by atoms with E-state index in [0.717, 1.165) is 49.5 Å². The number of benzene rings is 2. The van der Waals surface area contributed by atoms with Gasteiger partial charge < -0.3 is 25.3 Å². The van der Waals surface area contributed by atoms with Gasteiger partial charge in [0, 0.05) is 43.6 Å². The highest BCUT2D eigenvalue weighted by atomic mass is 35.5. The summed E-state index contributed by atoms with van der Waals surface area (Å²) in [6.45, 7) is 2.94. The van der Waals surface area contributed by atoms with Crippen LogP contribution >= 0.6 is 24.8 Å². The molecule has 3 heterocycles. The number of fused-ring (bicyclic) bond motifs is 1. The van der Waals surface area contributed by atoms with E-state index in [1.165, 1.54) is 6.20 Å². The van der Waals surface area contributed by atoms with Gasteiger partial charge in [0.15, 0.2) is 0 Å². The summed E-state index contributed by atoms with van der Waals surface area (Å²) in [5.41, 5.74) is 2.74. The first-order chi connectivity index (χ1) is 15.5. The Morgan fingerprint density at radius 1 is 1.00 bits per heavy atom. The number of anilines is 1. The first-order valence-electron chi connectivity index (χ1n) is 10.3. The Kier molecular flexibility index (Phi) is 7.93. The van der Waals surface area contributed by atoms with Crippen LogP contribution in [0, 0.1) is 11.6 Å². The van der Waals surface area contributed by atoms with E-state index in [-0.39, 0.29) is 41.5 Å². The van der Waals surface area contributed by atoms with E-state index in [9.17, 15) is 13.6 Å². The average Bonchev–Trinajstić information content (AvgIpc) is 3.23. The lowest BCUT2D eigenvalue weighted by Crippen LogP contribution is -2.43. The minimum atomic E-state index is -0.848. The molecule has 0 saturated carbocycles. The van der Waals surface area contributed by atoms with Crippen LogP contribution in [0.2, 0.25) is 0 Å². The van der Waals surface area contributed by atoms with Gasteiger partial charge in [0.25, 0.3) is 5.56 Å². The topological polar surface area (TPSA) is 97.0 Å². The summed E-state index contributed by atoms with van der Waals surface area (Å²) in [5.74, 6) is -1.33. The first-order valence-corrected chi connectivity index (χ1v) is 10.3. The largest absolute Gasteiger partial charge is 0.391 e. The van der Waals surface area contributed by atoms with E-state index in [1.807, 2.05) is 18.2 Å². The van der Waals surface area contributed by atoms with Gasteiger partial charge >= 0.3 is 0 Å². The van der Waals surface area contributed by atoms with Crippen LogP contribution in [-0.2, 0) is 6.61 Å². The smallest absolute Gasteiger partial charge is 0.259 e. The van der Waals surface area contributed by atoms with E-state index < -0.39 is 23.8 Å². The number of aliphatic hydroxyl groups is 1. The quantitative estimate of drug-likeness (QED) is 0.337. The number of aliphatic hydroxyl groups excluding tert-OH is 1. The summed E-state index contributed by atoms with van der Waals surface area (Å²) >= 11 is 0. The summed E-state index contributed by atoms with van der Waals surface area (Å²) in [6, 6.07) is 9.72. The number of H-pyrrole nitrogens is 2. The fourth-order valence-corrected chi connectivity index (χ4v) is 3.99. The Hall–Kier alpha value is -2.98. The molecule has 7 nitrogen and oxygen atoms in total. The number of hydrogen-bond donors (Lipinski definition) is 4. The van der Waals surface area contributed by atoms with Crippen LogP contribution in [0.25, 0.3) is 33.5 Å². The normalized spacial score (nSPS) is 13.4. The van der Waals surface area contributed by atoms with Crippen LogP contribution in [0.1, 0.15) is 5.56 Å². The van der Waals surface area contributed by atoms with Crippen LogP contribution in [0.3, 0.4) is 0 Å². The fourth-order valence-electron chi connectivity index (χ4n) is 3.99. The first kappa shape index (κ1) is 25.6. The molecule has 2 aromatic carbocycles. The zero-order valence-electron chi connectivity index (χ0n) is 17.9. The van der Waals surface area contributed by atoms with E-state index >= 15 is 0 Å². The zero-order valence-corrected chi connectivity index (χ0v) is 19.5. The van der Waals surface area contributed by atoms with Gasteiger partial charge in [0.2, 0.25) is 0 Å².